The van der Waals surface area contributed by atoms with Gasteiger partial charge in [-0.1, -0.05) is 0 Å². The molecule has 0 radical (unpaired) electrons. The number of benzene rings is 1. The smallest absolute Gasteiger partial charge is 0.280 e. The fourth-order valence-electron chi connectivity index (χ4n) is 1.29. The fourth-order valence-corrected chi connectivity index (χ4v) is 2.57. The van der Waals surface area contributed by atoms with Crippen molar-refractivity contribution < 1.29 is 12.8 Å². The Morgan fingerprint density at radius 3 is 2.72 bits per heavy atom. The number of aryl methyl sites for hydroxylation is 1. The van der Waals surface area contributed by atoms with E-state index in [0.29, 0.717) is 0 Å². The van der Waals surface area contributed by atoms with Crippen molar-refractivity contribution >= 4 is 31.6 Å². The van der Waals surface area contributed by atoms with Crippen LogP contribution in [0.2, 0.25) is 0 Å². The third-order valence-corrected chi connectivity index (χ3v) is 4.04. The number of hydrogen-bond donors (Lipinski definition) is 1. The van der Waals surface area contributed by atoms with Gasteiger partial charge < -0.3 is 4.57 Å². The van der Waals surface area contributed by atoms with Crippen LogP contribution in [0.25, 0.3) is 0 Å². The average molecular weight is 334 g/mol. The van der Waals surface area contributed by atoms with Gasteiger partial charge in [0.1, 0.15) is 5.82 Å². The monoisotopic (exact) mass is 333 g/mol. The summed E-state index contributed by atoms with van der Waals surface area (Å²) in [5.41, 5.74) is 0.140. The standard InChI is InChI=1S/C10H9BrFN3O2S/c1-15-5-10(13-6-15)18(16,17)14-7-2-3-8(11)9(12)4-7/h2-6,14H,1H3. The second kappa shape index (κ2) is 4.69. The van der Waals surface area contributed by atoms with Crippen LogP contribution in [-0.2, 0) is 17.1 Å². The molecule has 0 bridgehead atoms. The minimum absolute atomic E-state index is 0.117. The molecule has 0 aliphatic rings. The molecule has 0 spiro atoms. The molecule has 1 heterocycles. The third kappa shape index (κ3) is 2.70. The molecule has 0 saturated carbocycles. The minimum Gasteiger partial charge on any atom is -0.339 e. The van der Waals surface area contributed by atoms with Crippen molar-refractivity contribution in [3.8, 4) is 0 Å². The number of imidazole rings is 1. The zero-order valence-electron chi connectivity index (χ0n) is 9.26. The van der Waals surface area contributed by atoms with Crippen LogP contribution in [0.4, 0.5) is 10.1 Å². The highest BCUT2D eigenvalue weighted by atomic mass is 79.9. The molecule has 0 fully saturated rings. The predicted molar refractivity (Wildman–Crippen MR) is 68.1 cm³/mol. The number of nitrogens with one attached hydrogen (secondary N) is 1. The third-order valence-electron chi connectivity index (χ3n) is 2.13. The lowest BCUT2D eigenvalue weighted by atomic mass is 10.3. The van der Waals surface area contributed by atoms with Crippen molar-refractivity contribution in [2.75, 3.05) is 4.72 Å². The summed E-state index contributed by atoms with van der Waals surface area (Å²) in [4.78, 5) is 3.73. The van der Waals surface area contributed by atoms with E-state index in [1.807, 2.05) is 0 Å². The van der Waals surface area contributed by atoms with Gasteiger partial charge in [-0.05, 0) is 34.1 Å². The van der Waals surface area contributed by atoms with Crippen LogP contribution in [0.1, 0.15) is 0 Å². The van der Waals surface area contributed by atoms with Gasteiger partial charge in [0, 0.05) is 13.2 Å². The molecule has 18 heavy (non-hydrogen) atoms. The lowest BCUT2D eigenvalue weighted by Crippen LogP contribution is -2.13. The van der Waals surface area contributed by atoms with E-state index in [1.165, 1.54) is 29.2 Å². The van der Waals surface area contributed by atoms with E-state index in [9.17, 15) is 12.8 Å². The summed E-state index contributed by atoms with van der Waals surface area (Å²) >= 11 is 2.99. The molecule has 2 rings (SSSR count). The van der Waals surface area contributed by atoms with Gasteiger partial charge in [-0.25, -0.2) is 9.37 Å². The van der Waals surface area contributed by atoms with Crippen LogP contribution in [0, 0.1) is 5.82 Å². The molecule has 0 unspecified atom stereocenters. The van der Waals surface area contributed by atoms with Crippen LogP contribution in [0.15, 0.2) is 40.2 Å². The van der Waals surface area contributed by atoms with Crippen LogP contribution in [0.5, 0.6) is 0 Å². The van der Waals surface area contributed by atoms with Crippen LogP contribution < -0.4 is 4.72 Å². The van der Waals surface area contributed by atoms with E-state index in [-0.39, 0.29) is 15.2 Å². The summed E-state index contributed by atoms with van der Waals surface area (Å²) in [6.45, 7) is 0. The molecule has 0 aliphatic carbocycles. The minimum atomic E-state index is -3.79. The first kappa shape index (κ1) is 13.0. The molecule has 0 atom stereocenters. The molecular weight excluding hydrogens is 325 g/mol. The van der Waals surface area contributed by atoms with Crippen LogP contribution in [0.3, 0.4) is 0 Å². The number of nitrogens with zero attached hydrogens (tertiary/aromatic N) is 2. The summed E-state index contributed by atoms with van der Waals surface area (Å²) < 4.78 is 41.1. The zero-order chi connectivity index (χ0) is 13.3. The van der Waals surface area contributed by atoms with Gasteiger partial charge in [-0.2, -0.15) is 8.42 Å². The van der Waals surface area contributed by atoms with Gasteiger partial charge in [0.05, 0.1) is 16.5 Å². The van der Waals surface area contributed by atoms with E-state index < -0.39 is 15.8 Å². The molecule has 5 nitrogen and oxygen atoms in total. The molecule has 2 aromatic rings. The second-order valence-electron chi connectivity index (χ2n) is 3.61. The highest BCUT2D eigenvalue weighted by Crippen LogP contribution is 2.21. The first-order valence-electron chi connectivity index (χ1n) is 4.84. The SMILES string of the molecule is Cn1cnc(S(=O)(=O)Nc2ccc(Br)c(F)c2)c1. The molecule has 8 heteroatoms. The Kier molecular flexibility index (Phi) is 3.40. The Morgan fingerprint density at radius 2 is 2.17 bits per heavy atom. The number of rotatable bonds is 3. The topological polar surface area (TPSA) is 64.0 Å². The van der Waals surface area contributed by atoms with Gasteiger partial charge in [-0.15, -0.1) is 0 Å². The van der Waals surface area contributed by atoms with E-state index in [1.54, 1.807) is 7.05 Å². The van der Waals surface area contributed by atoms with E-state index in [0.717, 1.165) is 6.07 Å². The molecule has 96 valence electrons. The first-order chi connectivity index (χ1) is 8.38. The van der Waals surface area contributed by atoms with Gasteiger partial charge in [0.2, 0.25) is 0 Å². The van der Waals surface area contributed by atoms with Crippen LogP contribution in [-0.4, -0.2) is 18.0 Å². The molecule has 1 N–H and O–H groups in total. The van der Waals surface area contributed by atoms with Gasteiger partial charge in [0.25, 0.3) is 10.0 Å². The lowest BCUT2D eigenvalue weighted by molar-refractivity contribution is 0.598. The molecule has 0 aliphatic heterocycles. The van der Waals surface area contributed by atoms with Crippen molar-refractivity contribution in [2.24, 2.45) is 7.05 Å². The number of hydrogen-bond acceptors (Lipinski definition) is 3. The number of halogens is 2. The normalized spacial score (nSPS) is 11.5. The van der Waals surface area contributed by atoms with Gasteiger partial charge in [-0.3, -0.25) is 4.72 Å². The van der Waals surface area contributed by atoms with Crippen molar-refractivity contribution in [3.05, 3.63) is 41.0 Å². The summed E-state index contributed by atoms with van der Waals surface area (Å²) in [5.74, 6) is -0.545. The average Bonchev–Trinajstić information content (AvgIpc) is 2.71. The summed E-state index contributed by atoms with van der Waals surface area (Å²) in [6, 6.07) is 3.96. The van der Waals surface area contributed by atoms with Crippen molar-refractivity contribution in [1.82, 2.24) is 9.55 Å². The van der Waals surface area contributed by atoms with E-state index in [2.05, 4.69) is 25.6 Å². The number of sulfonamides is 1. The Bertz CT molecular complexity index is 684. The maximum atomic E-state index is 13.3. The Balaban J connectivity index is 2.30. The van der Waals surface area contributed by atoms with Crippen LogP contribution >= 0.6 is 15.9 Å². The Labute approximate surface area is 112 Å². The quantitative estimate of drug-likeness (QED) is 0.935. The summed E-state index contributed by atoms with van der Waals surface area (Å²) in [7, 11) is -2.13. The van der Waals surface area contributed by atoms with E-state index >= 15 is 0 Å². The lowest BCUT2D eigenvalue weighted by Gasteiger charge is -2.06. The molecule has 0 amide bonds. The molecule has 1 aromatic heterocycles. The van der Waals surface area contributed by atoms with Gasteiger partial charge >= 0.3 is 0 Å². The number of aromatic nitrogens is 2. The van der Waals surface area contributed by atoms with Gasteiger partial charge in [0.15, 0.2) is 5.03 Å². The van der Waals surface area contributed by atoms with E-state index in [4.69, 9.17) is 0 Å². The second-order valence-corrected chi connectivity index (χ2v) is 6.10. The summed E-state index contributed by atoms with van der Waals surface area (Å²) in [6.07, 6.45) is 2.73. The van der Waals surface area contributed by atoms with Crippen molar-refractivity contribution in [1.29, 1.82) is 0 Å². The van der Waals surface area contributed by atoms with Crippen molar-refractivity contribution in [3.63, 3.8) is 0 Å². The molecule has 1 aromatic carbocycles. The first-order valence-corrected chi connectivity index (χ1v) is 7.12. The Hall–Kier alpha value is -1.41. The largest absolute Gasteiger partial charge is 0.339 e. The van der Waals surface area contributed by atoms with Crippen molar-refractivity contribution in [2.45, 2.75) is 5.03 Å². The predicted octanol–water partition coefficient (Wildman–Crippen LogP) is 2.12. The maximum absolute atomic E-state index is 13.3. The Morgan fingerprint density at radius 1 is 1.44 bits per heavy atom. The highest BCUT2D eigenvalue weighted by Gasteiger charge is 2.17. The fraction of sp³-hybridized carbons (Fsp3) is 0.100. The highest BCUT2D eigenvalue weighted by molar-refractivity contribution is 9.10. The zero-order valence-corrected chi connectivity index (χ0v) is 11.7. The summed E-state index contributed by atoms with van der Waals surface area (Å²) in [5, 5.41) is -0.117. The maximum Gasteiger partial charge on any atom is 0.280 e. The number of anilines is 1. The molecular formula is C10H9BrFN3O2S. The molecule has 0 saturated heterocycles.